The average Bonchev–Trinajstić information content (AvgIpc) is 2.21. The molecule has 0 aliphatic heterocycles. The van der Waals surface area contributed by atoms with Gasteiger partial charge < -0.3 is 14.3 Å². The summed E-state index contributed by atoms with van der Waals surface area (Å²) in [5.41, 5.74) is 0. The first kappa shape index (κ1) is 15.1. The predicted octanol–water partition coefficient (Wildman–Crippen LogP) is 1.64. The van der Waals surface area contributed by atoms with Crippen molar-refractivity contribution in [1.29, 1.82) is 0 Å². The van der Waals surface area contributed by atoms with Gasteiger partial charge in [0.2, 0.25) is 0 Å². The monoisotopic (exact) mass is 248 g/mol. The van der Waals surface area contributed by atoms with E-state index in [1.54, 1.807) is 7.11 Å². The lowest BCUT2D eigenvalue weighted by Crippen LogP contribution is -2.28. The van der Waals surface area contributed by atoms with E-state index in [0.717, 1.165) is 12.5 Å². The maximum atomic E-state index is 11.0. The molecule has 16 heavy (non-hydrogen) atoms. The number of aliphatic carboxylic acids is 1. The molecule has 0 aliphatic carbocycles. The molecule has 0 bridgehead atoms. The Balaban J connectivity index is 3.52. The summed E-state index contributed by atoms with van der Waals surface area (Å²) in [6.45, 7) is 4.54. The molecule has 0 amide bonds. The van der Waals surface area contributed by atoms with Crippen LogP contribution in [-0.4, -0.2) is 39.1 Å². The molecule has 0 fully saturated rings. The molecule has 0 radical (unpaired) electrons. The predicted molar refractivity (Wildman–Crippen MR) is 61.7 cm³/mol. The highest BCUT2D eigenvalue weighted by atomic mass is 28.4. The van der Waals surface area contributed by atoms with E-state index in [1.807, 2.05) is 0 Å². The Kier molecular flexibility index (Phi) is 6.99. The summed E-state index contributed by atoms with van der Waals surface area (Å²) in [7, 11) is 0.128. The summed E-state index contributed by atoms with van der Waals surface area (Å²) in [4.78, 5) is 21.2. The van der Waals surface area contributed by atoms with E-state index < -0.39 is 20.3 Å². The van der Waals surface area contributed by atoms with Gasteiger partial charge in [-0.2, -0.15) is 0 Å². The van der Waals surface area contributed by atoms with Crippen molar-refractivity contribution in [3.05, 3.63) is 0 Å². The fourth-order valence-electron chi connectivity index (χ4n) is 1.07. The van der Waals surface area contributed by atoms with E-state index in [4.69, 9.17) is 14.3 Å². The molecular formula is C10H20O5Si. The van der Waals surface area contributed by atoms with Crippen LogP contribution in [0.1, 0.15) is 19.3 Å². The van der Waals surface area contributed by atoms with Gasteiger partial charge in [0.05, 0.1) is 19.4 Å². The van der Waals surface area contributed by atoms with Crippen molar-refractivity contribution < 1.29 is 23.9 Å². The zero-order valence-electron chi connectivity index (χ0n) is 10.1. The van der Waals surface area contributed by atoms with Crippen LogP contribution in [0.3, 0.4) is 0 Å². The number of rotatable bonds is 8. The Morgan fingerprint density at radius 3 is 2.38 bits per heavy atom. The molecule has 0 rings (SSSR count). The minimum absolute atomic E-state index is 0.0551. The van der Waals surface area contributed by atoms with Crippen LogP contribution in [0.4, 0.5) is 0 Å². The molecule has 6 heteroatoms. The van der Waals surface area contributed by atoms with Crippen molar-refractivity contribution in [3.63, 3.8) is 0 Å². The molecule has 5 nitrogen and oxygen atoms in total. The van der Waals surface area contributed by atoms with E-state index in [1.165, 1.54) is 0 Å². The lowest BCUT2D eigenvalue weighted by atomic mass is 10.3. The van der Waals surface area contributed by atoms with E-state index in [0.29, 0.717) is 6.61 Å². The summed E-state index contributed by atoms with van der Waals surface area (Å²) >= 11 is 0. The van der Waals surface area contributed by atoms with Gasteiger partial charge >= 0.3 is 11.9 Å². The maximum Gasteiger partial charge on any atom is 0.306 e. The summed E-state index contributed by atoms with van der Waals surface area (Å²) in [6.07, 6.45) is 0.545. The van der Waals surface area contributed by atoms with Crippen LogP contribution >= 0.6 is 0 Å². The van der Waals surface area contributed by atoms with Crippen LogP contribution in [0.5, 0.6) is 0 Å². The van der Waals surface area contributed by atoms with Gasteiger partial charge in [0.25, 0.3) is 0 Å². The first-order valence-electron chi connectivity index (χ1n) is 5.30. The molecule has 0 aliphatic rings. The van der Waals surface area contributed by atoms with Crippen molar-refractivity contribution in [2.75, 3.05) is 13.7 Å². The fourth-order valence-corrected chi connectivity index (χ4v) is 2.27. The van der Waals surface area contributed by atoms with Crippen molar-refractivity contribution in [3.8, 4) is 0 Å². The number of carbonyl (C=O) groups is 2. The van der Waals surface area contributed by atoms with E-state index >= 15 is 0 Å². The Morgan fingerprint density at radius 1 is 1.25 bits per heavy atom. The van der Waals surface area contributed by atoms with Crippen molar-refractivity contribution >= 4 is 20.3 Å². The minimum atomic E-state index is -1.57. The highest BCUT2D eigenvalue weighted by molar-refractivity contribution is 6.71. The van der Waals surface area contributed by atoms with Gasteiger partial charge in [-0.1, -0.05) is 0 Å². The smallest absolute Gasteiger partial charge is 0.306 e. The standard InChI is InChI=1S/C10H20O5Si/c1-14-16(2,3)8-4-7-15-10(13)6-5-9(11)12/h4-8H2,1-3H3,(H,11,12). The zero-order valence-corrected chi connectivity index (χ0v) is 11.1. The van der Waals surface area contributed by atoms with Gasteiger partial charge in [-0.05, 0) is 25.6 Å². The number of carboxylic acids is 1. The van der Waals surface area contributed by atoms with E-state index in [9.17, 15) is 9.59 Å². The quantitative estimate of drug-likeness (QED) is 0.401. The summed E-state index contributed by atoms with van der Waals surface area (Å²) in [5, 5.41) is 8.35. The number of esters is 1. The van der Waals surface area contributed by atoms with E-state index in [-0.39, 0.29) is 12.8 Å². The summed E-state index contributed by atoms with van der Waals surface area (Å²) in [5.74, 6) is -1.43. The fraction of sp³-hybridized carbons (Fsp3) is 0.800. The SMILES string of the molecule is CO[Si](C)(C)CCCOC(=O)CCC(=O)O. The molecule has 1 N–H and O–H groups in total. The lowest BCUT2D eigenvalue weighted by molar-refractivity contribution is -0.147. The second kappa shape index (κ2) is 7.40. The third kappa shape index (κ3) is 8.43. The first-order valence-corrected chi connectivity index (χ1v) is 8.41. The summed E-state index contributed by atoms with van der Waals surface area (Å²) in [6, 6.07) is 0.926. The number of carbonyl (C=O) groups excluding carboxylic acids is 1. The molecule has 0 spiro atoms. The third-order valence-electron chi connectivity index (χ3n) is 2.28. The van der Waals surface area contributed by atoms with Gasteiger partial charge in [-0.25, -0.2) is 0 Å². The number of hydrogen-bond donors (Lipinski definition) is 1. The second-order valence-corrected chi connectivity index (χ2v) is 8.61. The molecule has 0 atom stereocenters. The Hall–Kier alpha value is -0.883. The van der Waals surface area contributed by atoms with Crippen LogP contribution in [0.2, 0.25) is 19.1 Å². The number of ether oxygens (including phenoxy) is 1. The number of carboxylic acid groups (broad SMARTS) is 1. The summed E-state index contributed by atoms with van der Waals surface area (Å²) < 4.78 is 10.2. The van der Waals surface area contributed by atoms with Crippen LogP contribution in [0, 0.1) is 0 Å². The minimum Gasteiger partial charge on any atom is -0.481 e. The van der Waals surface area contributed by atoms with Crippen LogP contribution in [-0.2, 0) is 18.8 Å². The first-order chi connectivity index (χ1) is 7.37. The highest BCUT2D eigenvalue weighted by Gasteiger charge is 2.19. The van der Waals surface area contributed by atoms with Crippen LogP contribution < -0.4 is 0 Å². The molecule has 0 heterocycles. The molecule has 0 saturated carbocycles. The topological polar surface area (TPSA) is 72.8 Å². The molecule has 0 unspecified atom stereocenters. The van der Waals surface area contributed by atoms with Gasteiger partial charge in [-0.15, -0.1) is 0 Å². The van der Waals surface area contributed by atoms with Gasteiger partial charge in [0.15, 0.2) is 8.32 Å². The zero-order chi connectivity index (χ0) is 12.6. The molecular weight excluding hydrogens is 228 g/mol. The Morgan fingerprint density at radius 2 is 1.88 bits per heavy atom. The van der Waals surface area contributed by atoms with Gasteiger partial charge in [-0.3, -0.25) is 9.59 Å². The molecule has 94 valence electrons. The Bertz CT molecular complexity index is 239. The largest absolute Gasteiger partial charge is 0.481 e. The third-order valence-corrected chi connectivity index (χ3v) is 4.94. The van der Waals surface area contributed by atoms with Crippen LogP contribution in [0.15, 0.2) is 0 Å². The normalized spacial score (nSPS) is 11.2. The van der Waals surface area contributed by atoms with E-state index in [2.05, 4.69) is 13.1 Å². The van der Waals surface area contributed by atoms with Crippen molar-refractivity contribution in [2.45, 2.75) is 38.4 Å². The molecule has 0 saturated heterocycles. The Labute approximate surface area is 96.9 Å². The molecule has 0 aromatic carbocycles. The number of hydrogen-bond acceptors (Lipinski definition) is 4. The lowest BCUT2D eigenvalue weighted by Gasteiger charge is -2.19. The molecule has 0 aromatic heterocycles. The molecule has 0 aromatic rings. The van der Waals surface area contributed by atoms with Crippen LogP contribution in [0.25, 0.3) is 0 Å². The second-order valence-electron chi connectivity index (χ2n) is 4.18. The van der Waals surface area contributed by atoms with Crippen molar-refractivity contribution in [1.82, 2.24) is 0 Å². The highest BCUT2D eigenvalue weighted by Crippen LogP contribution is 2.12. The average molecular weight is 248 g/mol. The van der Waals surface area contributed by atoms with Gasteiger partial charge in [0, 0.05) is 7.11 Å². The van der Waals surface area contributed by atoms with Gasteiger partial charge in [0.1, 0.15) is 0 Å². The van der Waals surface area contributed by atoms with Crippen molar-refractivity contribution in [2.24, 2.45) is 0 Å². The maximum absolute atomic E-state index is 11.0.